The van der Waals surface area contributed by atoms with E-state index in [0.29, 0.717) is 17.8 Å². The van der Waals surface area contributed by atoms with Crippen molar-refractivity contribution >= 4 is 28.8 Å². The van der Waals surface area contributed by atoms with Crippen LogP contribution >= 0.6 is 11.3 Å². The lowest BCUT2D eigenvalue weighted by molar-refractivity contribution is -0.117. The SMILES string of the molecule is Cc1ccc(N2C[C@H](NC(=O)c3cccs3)CC2=O)cc1C. The summed E-state index contributed by atoms with van der Waals surface area (Å²) in [6, 6.07) is 9.51. The maximum absolute atomic E-state index is 12.2. The summed E-state index contributed by atoms with van der Waals surface area (Å²) in [7, 11) is 0. The molecule has 0 unspecified atom stereocenters. The summed E-state index contributed by atoms with van der Waals surface area (Å²) < 4.78 is 0. The molecular weight excluding hydrogens is 296 g/mol. The molecule has 1 saturated heterocycles. The zero-order chi connectivity index (χ0) is 15.7. The second-order valence-corrected chi connectivity index (χ2v) is 6.57. The van der Waals surface area contributed by atoms with Gasteiger partial charge >= 0.3 is 0 Å². The number of carbonyl (C=O) groups is 2. The lowest BCUT2D eigenvalue weighted by Crippen LogP contribution is -2.36. The predicted molar refractivity (Wildman–Crippen MR) is 88.5 cm³/mol. The van der Waals surface area contributed by atoms with Gasteiger partial charge in [-0.05, 0) is 48.6 Å². The maximum atomic E-state index is 12.2. The van der Waals surface area contributed by atoms with Gasteiger partial charge in [-0.15, -0.1) is 11.3 Å². The van der Waals surface area contributed by atoms with Crippen LogP contribution in [0.5, 0.6) is 0 Å². The van der Waals surface area contributed by atoms with E-state index in [1.807, 2.05) is 36.6 Å². The van der Waals surface area contributed by atoms with E-state index in [0.717, 1.165) is 11.3 Å². The summed E-state index contributed by atoms with van der Waals surface area (Å²) in [6.45, 7) is 4.61. The highest BCUT2D eigenvalue weighted by molar-refractivity contribution is 7.12. The average Bonchev–Trinajstić information content (AvgIpc) is 3.12. The van der Waals surface area contributed by atoms with Crippen LogP contribution < -0.4 is 10.2 Å². The molecule has 0 radical (unpaired) electrons. The van der Waals surface area contributed by atoms with Crippen LogP contribution in [-0.4, -0.2) is 24.4 Å². The van der Waals surface area contributed by atoms with Crippen LogP contribution in [0, 0.1) is 13.8 Å². The standard InChI is InChI=1S/C17H18N2O2S/c1-11-5-6-14(8-12(11)2)19-10-13(9-16(19)20)18-17(21)15-4-3-7-22-15/h3-8,13H,9-10H2,1-2H3,(H,18,21)/t13-/m1/s1. The average molecular weight is 314 g/mol. The summed E-state index contributed by atoms with van der Waals surface area (Å²) in [6.07, 6.45) is 0.351. The third-order valence-corrected chi connectivity index (χ3v) is 4.88. The van der Waals surface area contributed by atoms with E-state index >= 15 is 0 Å². The van der Waals surface area contributed by atoms with Crippen LogP contribution in [0.3, 0.4) is 0 Å². The van der Waals surface area contributed by atoms with Gasteiger partial charge in [-0.25, -0.2) is 0 Å². The lowest BCUT2D eigenvalue weighted by Gasteiger charge is -2.18. The second kappa shape index (κ2) is 5.93. The van der Waals surface area contributed by atoms with Gasteiger partial charge in [0.15, 0.2) is 0 Å². The number of benzene rings is 1. The minimum absolute atomic E-state index is 0.0553. The number of nitrogens with one attached hydrogen (secondary N) is 1. The highest BCUT2D eigenvalue weighted by atomic mass is 32.1. The van der Waals surface area contributed by atoms with Gasteiger partial charge in [-0.1, -0.05) is 12.1 Å². The molecule has 2 aromatic rings. The summed E-state index contributed by atoms with van der Waals surface area (Å²) in [5.74, 6) is -0.0468. The van der Waals surface area contributed by atoms with Gasteiger partial charge < -0.3 is 10.2 Å². The van der Waals surface area contributed by atoms with Crippen LogP contribution in [-0.2, 0) is 4.79 Å². The number of hydrogen-bond acceptors (Lipinski definition) is 3. The Morgan fingerprint density at radius 1 is 1.27 bits per heavy atom. The summed E-state index contributed by atoms with van der Waals surface area (Å²) in [5, 5.41) is 4.82. The molecule has 0 bridgehead atoms. The van der Waals surface area contributed by atoms with Crippen molar-refractivity contribution in [2.24, 2.45) is 0 Å². The molecule has 114 valence electrons. The zero-order valence-electron chi connectivity index (χ0n) is 12.6. The van der Waals surface area contributed by atoms with E-state index < -0.39 is 0 Å². The number of thiophene rings is 1. The van der Waals surface area contributed by atoms with Crippen molar-refractivity contribution in [2.45, 2.75) is 26.3 Å². The first kappa shape index (κ1) is 14.8. The number of hydrogen-bond donors (Lipinski definition) is 1. The Morgan fingerprint density at radius 2 is 2.09 bits per heavy atom. The topological polar surface area (TPSA) is 49.4 Å². The number of rotatable bonds is 3. The van der Waals surface area contributed by atoms with Crippen molar-refractivity contribution in [3.05, 3.63) is 51.7 Å². The van der Waals surface area contributed by atoms with Gasteiger partial charge in [-0.3, -0.25) is 9.59 Å². The third kappa shape index (κ3) is 2.90. The van der Waals surface area contributed by atoms with Crippen LogP contribution in [0.25, 0.3) is 0 Å². The fraction of sp³-hybridized carbons (Fsp3) is 0.294. The Hall–Kier alpha value is -2.14. The molecule has 1 aliphatic rings. The summed E-state index contributed by atoms with van der Waals surface area (Å²) in [4.78, 5) is 26.7. The molecule has 0 aliphatic carbocycles. The number of carbonyl (C=O) groups excluding carboxylic acids is 2. The van der Waals surface area contributed by atoms with Crippen LogP contribution in [0.1, 0.15) is 27.2 Å². The summed E-state index contributed by atoms with van der Waals surface area (Å²) >= 11 is 1.41. The fourth-order valence-electron chi connectivity index (χ4n) is 2.61. The van der Waals surface area contributed by atoms with Gasteiger partial charge in [0, 0.05) is 18.7 Å². The molecule has 3 rings (SSSR count). The zero-order valence-corrected chi connectivity index (χ0v) is 13.4. The molecule has 1 atom stereocenters. The van der Waals surface area contributed by atoms with Crippen molar-refractivity contribution in [1.29, 1.82) is 0 Å². The Balaban J connectivity index is 1.70. The maximum Gasteiger partial charge on any atom is 0.261 e. The highest BCUT2D eigenvalue weighted by Gasteiger charge is 2.31. The summed E-state index contributed by atoms with van der Waals surface area (Å²) in [5.41, 5.74) is 3.27. The molecule has 0 spiro atoms. The molecule has 1 aromatic carbocycles. The van der Waals surface area contributed by atoms with Crippen LogP contribution in [0.2, 0.25) is 0 Å². The van der Waals surface area contributed by atoms with Crippen molar-refractivity contribution in [1.82, 2.24) is 5.32 Å². The van der Waals surface area contributed by atoms with Gasteiger partial charge in [-0.2, -0.15) is 0 Å². The molecule has 1 aromatic heterocycles. The Morgan fingerprint density at radius 3 is 2.77 bits per heavy atom. The van der Waals surface area contributed by atoms with E-state index in [1.54, 1.807) is 11.0 Å². The van der Waals surface area contributed by atoms with Crippen molar-refractivity contribution in [2.75, 3.05) is 11.4 Å². The van der Waals surface area contributed by atoms with E-state index in [4.69, 9.17) is 0 Å². The number of anilines is 1. The van der Waals surface area contributed by atoms with E-state index in [9.17, 15) is 9.59 Å². The Kier molecular flexibility index (Phi) is 3.98. The normalized spacial score (nSPS) is 17.8. The van der Waals surface area contributed by atoms with E-state index in [-0.39, 0.29) is 17.9 Å². The molecule has 1 N–H and O–H groups in total. The monoisotopic (exact) mass is 314 g/mol. The second-order valence-electron chi connectivity index (χ2n) is 5.62. The molecule has 22 heavy (non-hydrogen) atoms. The Bertz CT molecular complexity index is 709. The lowest BCUT2D eigenvalue weighted by atomic mass is 10.1. The molecule has 2 amide bonds. The fourth-order valence-corrected chi connectivity index (χ4v) is 3.24. The quantitative estimate of drug-likeness (QED) is 0.947. The first-order valence-electron chi connectivity index (χ1n) is 7.26. The van der Waals surface area contributed by atoms with Gasteiger partial charge in [0.1, 0.15) is 0 Å². The highest BCUT2D eigenvalue weighted by Crippen LogP contribution is 2.24. The largest absolute Gasteiger partial charge is 0.346 e. The Labute approximate surface area is 133 Å². The van der Waals surface area contributed by atoms with Crippen molar-refractivity contribution in [3.63, 3.8) is 0 Å². The van der Waals surface area contributed by atoms with Crippen molar-refractivity contribution in [3.8, 4) is 0 Å². The molecule has 1 aliphatic heterocycles. The molecule has 2 heterocycles. The third-order valence-electron chi connectivity index (χ3n) is 4.01. The minimum Gasteiger partial charge on any atom is -0.346 e. The molecule has 4 nitrogen and oxygen atoms in total. The van der Waals surface area contributed by atoms with E-state index in [1.165, 1.54) is 16.9 Å². The first-order chi connectivity index (χ1) is 10.5. The molecule has 1 fully saturated rings. The van der Waals surface area contributed by atoms with E-state index in [2.05, 4.69) is 12.2 Å². The minimum atomic E-state index is -0.135. The first-order valence-corrected chi connectivity index (χ1v) is 8.14. The smallest absolute Gasteiger partial charge is 0.261 e. The number of nitrogens with zero attached hydrogens (tertiary/aromatic N) is 1. The van der Waals surface area contributed by atoms with Gasteiger partial charge in [0.25, 0.3) is 5.91 Å². The van der Waals surface area contributed by atoms with Gasteiger partial charge in [0.2, 0.25) is 5.91 Å². The van der Waals surface area contributed by atoms with Crippen molar-refractivity contribution < 1.29 is 9.59 Å². The number of aryl methyl sites for hydroxylation is 2. The molecule has 5 heteroatoms. The predicted octanol–water partition coefficient (Wildman–Crippen LogP) is 2.90. The molecular formula is C17H18N2O2S. The van der Waals surface area contributed by atoms with Gasteiger partial charge in [0.05, 0.1) is 10.9 Å². The number of amides is 2. The molecule has 0 saturated carbocycles. The van der Waals surface area contributed by atoms with Crippen LogP contribution in [0.4, 0.5) is 5.69 Å². The van der Waals surface area contributed by atoms with Crippen LogP contribution in [0.15, 0.2) is 35.7 Å².